The Morgan fingerprint density at radius 3 is 2.58 bits per heavy atom. The van der Waals surface area contributed by atoms with E-state index in [0.29, 0.717) is 6.04 Å². The molecule has 0 spiro atoms. The van der Waals surface area contributed by atoms with Gasteiger partial charge >= 0.3 is 0 Å². The second-order valence-electron chi connectivity index (χ2n) is 6.58. The summed E-state index contributed by atoms with van der Waals surface area (Å²) >= 11 is 0. The van der Waals surface area contributed by atoms with Crippen molar-refractivity contribution >= 4 is 0 Å². The van der Waals surface area contributed by atoms with E-state index in [1.54, 1.807) is 0 Å². The Morgan fingerprint density at radius 2 is 1.95 bits per heavy atom. The summed E-state index contributed by atoms with van der Waals surface area (Å²) in [5.74, 6) is 0. The van der Waals surface area contributed by atoms with Gasteiger partial charge in [-0.1, -0.05) is 29.8 Å². The predicted octanol–water partition coefficient (Wildman–Crippen LogP) is 3.29. The number of nitrogens with one attached hydrogen (secondary N) is 2. The monoisotopic (exact) mass is 262 g/mol. The maximum atomic E-state index is 3.58. The van der Waals surface area contributed by atoms with Crippen molar-refractivity contribution < 1.29 is 0 Å². The van der Waals surface area contributed by atoms with Crippen LogP contribution in [0.3, 0.4) is 0 Å². The van der Waals surface area contributed by atoms with Crippen molar-refractivity contribution in [3.63, 3.8) is 0 Å². The van der Waals surface area contributed by atoms with Crippen LogP contribution < -0.4 is 10.6 Å². The van der Waals surface area contributed by atoms with Crippen LogP contribution in [0.25, 0.3) is 0 Å². The third-order valence-electron chi connectivity index (χ3n) is 3.16. The summed E-state index contributed by atoms with van der Waals surface area (Å²) in [6.45, 7) is 13.1. The van der Waals surface area contributed by atoms with Gasteiger partial charge in [0.2, 0.25) is 0 Å². The SMILES string of the molecule is Cc1cccc(CCCNC(C)CNC(C)(C)C)c1. The molecule has 1 aromatic rings. The van der Waals surface area contributed by atoms with Crippen LogP contribution in [0.15, 0.2) is 24.3 Å². The van der Waals surface area contributed by atoms with E-state index in [-0.39, 0.29) is 5.54 Å². The van der Waals surface area contributed by atoms with Gasteiger partial charge in [-0.2, -0.15) is 0 Å². The molecule has 2 N–H and O–H groups in total. The minimum absolute atomic E-state index is 0.206. The summed E-state index contributed by atoms with van der Waals surface area (Å²) in [5, 5.41) is 7.10. The minimum atomic E-state index is 0.206. The van der Waals surface area contributed by atoms with E-state index in [2.05, 4.69) is 69.5 Å². The standard InChI is InChI=1S/C17H30N2/c1-14-8-6-9-16(12-14)10-7-11-18-15(2)13-19-17(3,4)5/h6,8-9,12,15,18-19H,7,10-11,13H2,1-5H3. The minimum Gasteiger partial charge on any atom is -0.313 e. The van der Waals surface area contributed by atoms with Crippen molar-refractivity contribution in [1.82, 2.24) is 10.6 Å². The van der Waals surface area contributed by atoms with Crippen molar-refractivity contribution in [3.8, 4) is 0 Å². The molecule has 108 valence electrons. The first-order valence-electron chi connectivity index (χ1n) is 7.41. The molecule has 0 saturated carbocycles. The van der Waals surface area contributed by atoms with Gasteiger partial charge in [0.25, 0.3) is 0 Å². The Balaban J connectivity index is 2.13. The van der Waals surface area contributed by atoms with Crippen LogP contribution >= 0.6 is 0 Å². The highest BCUT2D eigenvalue weighted by molar-refractivity contribution is 5.22. The molecular formula is C17H30N2. The van der Waals surface area contributed by atoms with E-state index in [4.69, 9.17) is 0 Å². The van der Waals surface area contributed by atoms with Gasteiger partial charge in [-0.15, -0.1) is 0 Å². The summed E-state index contributed by atoms with van der Waals surface area (Å²) < 4.78 is 0. The van der Waals surface area contributed by atoms with Gasteiger partial charge in [0, 0.05) is 18.1 Å². The second kappa shape index (κ2) is 7.66. The van der Waals surface area contributed by atoms with Gasteiger partial charge in [0.15, 0.2) is 0 Å². The van der Waals surface area contributed by atoms with Crippen molar-refractivity contribution in [3.05, 3.63) is 35.4 Å². The summed E-state index contributed by atoms with van der Waals surface area (Å²) in [4.78, 5) is 0. The van der Waals surface area contributed by atoms with Gasteiger partial charge in [-0.25, -0.2) is 0 Å². The molecular weight excluding hydrogens is 232 g/mol. The third kappa shape index (κ3) is 8.02. The Kier molecular flexibility index (Phi) is 6.53. The summed E-state index contributed by atoms with van der Waals surface area (Å²) in [7, 11) is 0. The molecule has 0 aliphatic carbocycles. The first-order chi connectivity index (χ1) is 8.87. The topological polar surface area (TPSA) is 24.1 Å². The van der Waals surface area contributed by atoms with Crippen molar-refractivity contribution in [1.29, 1.82) is 0 Å². The van der Waals surface area contributed by atoms with Crippen molar-refractivity contribution in [2.75, 3.05) is 13.1 Å². The number of aryl methyl sites for hydroxylation is 2. The molecule has 0 saturated heterocycles. The quantitative estimate of drug-likeness (QED) is 0.737. The molecule has 19 heavy (non-hydrogen) atoms. The highest BCUT2D eigenvalue weighted by Gasteiger charge is 2.10. The van der Waals surface area contributed by atoms with Gasteiger partial charge in [0.1, 0.15) is 0 Å². The second-order valence-corrected chi connectivity index (χ2v) is 6.58. The number of hydrogen-bond donors (Lipinski definition) is 2. The third-order valence-corrected chi connectivity index (χ3v) is 3.16. The molecule has 1 unspecified atom stereocenters. The van der Waals surface area contributed by atoms with E-state index in [1.165, 1.54) is 17.5 Å². The summed E-state index contributed by atoms with van der Waals surface area (Å²) in [6, 6.07) is 9.33. The molecule has 0 aliphatic heterocycles. The smallest absolute Gasteiger partial charge is 0.0164 e. The average Bonchev–Trinajstić information content (AvgIpc) is 2.31. The maximum absolute atomic E-state index is 3.58. The Hall–Kier alpha value is -0.860. The maximum Gasteiger partial charge on any atom is 0.0164 e. The van der Waals surface area contributed by atoms with Gasteiger partial charge in [0.05, 0.1) is 0 Å². The van der Waals surface area contributed by atoms with E-state index < -0.39 is 0 Å². The zero-order valence-electron chi connectivity index (χ0n) is 13.2. The molecule has 0 fully saturated rings. The molecule has 0 bridgehead atoms. The Bertz CT molecular complexity index is 366. The molecule has 1 rings (SSSR count). The van der Waals surface area contributed by atoms with Gasteiger partial charge in [-0.3, -0.25) is 0 Å². The lowest BCUT2D eigenvalue weighted by atomic mass is 10.1. The fraction of sp³-hybridized carbons (Fsp3) is 0.647. The number of rotatable bonds is 7. The summed E-state index contributed by atoms with van der Waals surface area (Å²) in [5.41, 5.74) is 3.01. The van der Waals surface area contributed by atoms with E-state index in [0.717, 1.165) is 19.5 Å². The Morgan fingerprint density at radius 1 is 1.21 bits per heavy atom. The predicted molar refractivity (Wildman–Crippen MR) is 84.7 cm³/mol. The Labute approximate surface area is 119 Å². The van der Waals surface area contributed by atoms with Crippen LogP contribution in [-0.2, 0) is 6.42 Å². The lowest BCUT2D eigenvalue weighted by Gasteiger charge is -2.24. The first kappa shape index (κ1) is 16.2. The number of benzene rings is 1. The van der Waals surface area contributed by atoms with Gasteiger partial charge in [-0.05, 0) is 59.6 Å². The van der Waals surface area contributed by atoms with Gasteiger partial charge < -0.3 is 10.6 Å². The van der Waals surface area contributed by atoms with Crippen LogP contribution in [0.5, 0.6) is 0 Å². The van der Waals surface area contributed by atoms with E-state index in [1.807, 2.05) is 0 Å². The summed E-state index contributed by atoms with van der Waals surface area (Å²) in [6.07, 6.45) is 2.36. The number of hydrogen-bond acceptors (Lipinski definition) is 2. The lowest BCUT2D eigenvalue weighted by molar-refractivity contribution is 0.387. The van der Waals surface area contributed by atoms with E-state index in [9.17, 15) is 0 Å². The van der Waals surface area contributed by atoms with Crippen LogP contribution in [0.4, 0.5) is 0 Å². The van der Waals surface area contributed by atoms with E-state index >= 15 is 0 Å². The largest absolute Gasteiger partial charge is 0.313 e. The fourth-order valence-corrected chi connectivity index (χ4v) is 2.04. The molecule has 1 aromatic carbocycles. The fourth-order valence-electron chi connectivity index (χ4n) is 2.04. The molecule has 2 nitrogen and oxygen atoms in total. The zero-order chi connectivity index (χ0) is 14.3. The van der Waals surface area contributed by atoms with Crippen LogP contribution in [-0.4, -0.2) is 24.7 Å². The molecule has 0 amide bonds. The first-order valence-corrected chi connectivity index (χ1v) is 7.41. The molecule has 1 atom stereocenters. The van der Waals surface area contributed by atoms with Crippen molar-refractivity contribution in [2.45, 2.75) is 59.0 Å². The van der Waals surface area contributed by atoms with Crippen molar-refractivity contribution in [2.24, 2.45) is 0 Å². The zero-order valence-corrected chi connectivity index (χ0v) is 13.2. The normalized spacial score (nSPS) is 13.5. The molecule has 0 radical (unpaired) electrons. The molecule has 0 heterocycles. The highest BCUT2D eigenvalue weighted by Crippen LogP contribution is 2.06. The molecule has 0 aromatic heterocycles. The van der Waals surface area contributed by atoms with Crippen LogP contribution in [0.2, 0.25) is 0 Å². The highest BCUT2D eigenvalue weighted by atomic mass is 15.0. The lowest BCUT2D eigenvalue weighted by Crippen LogP contribution is -2.44. The average molecular weight is 262 g/mol. The molecule has 2 heteroatoms. The van der Waals surface area contributed by atoms with Crippen LogP contribution in [0.1, 0.15) is 45.2 Å². The van der Waals surface area contributed by atoms with Crippen LogP contribution in [0, 0.1) is 6.92 Å². The molecule has 0 aliphatic rings.